The molecule has 8 nitrogen and oxygen atoms in total. The molecule has 1 heterocycles. The fourth-order valence-electron chi connectivity index (χ4n) is 1.45. The first-order chi connectivity index (χ1) is 9.56. The molecule has 0 aliphatic carbocycles. The van der Waals surface area contributed by atoms with Crippen molar-refractivity contribution in [2.45, 2.75) is 0 Å². The molecule has 1 N–H and O–H groups in total. The number of anilines is 1. The number of nitro groups is 1. The molecular formula is C12H17N5O3. The van der Waals surface area contributed by atoms with Crippen molar-refractivity contribution >= 4 is 11.5 Å². The summed E-state index contributed by atoms with van der Waals surface area (Å²) in [6.45, 7) is 2.18. The third kappa shape index (κ3) is 4.79. The summed E-state index contributed by atoms with van der Waals surface area (Å²) in [4.78, 5) is 16.2. The molecule has 1 aromatic heterocycles. The molecule has 1 rings (SSSR count). The van der Waals surface area contributed by atoms with Crippen molar-refractivity contribution in [2.24, 2.45) is 0 Å². The second-order valence-electron chi connectivity index (χ2n) is 4.27. The van der Waals surface area contributed by atoms with E-state index in [9.17, 15) is 10.1 Å². The third-order valence-corrected chi connectivity index (χ3v) is 2.45. The summed E-state index contributed by atoms with van der Waals surface area (Å²) in [7, 11) is 3.89. The molecule has 0 saturated heterocycles. The Morgan fingerprint density at radius 2 is 2.30 bits per heavy atom. The smallest absolute Gasteiger partial charge is 0.328 e. The number of likely N-dealkylation sites (N-methyl/N-ethyl adjacent to an activating group) is 1. The van der Waals surface area contributed by atoms with Gasteiger partial charge in [0.25, 0.3) is 0 Å². The quantitative estimate of drug-likeness (QED) is 0.427. The molecule has 20 heavy (non-hydrogen) atoms. The van der Waals surface area contributed by atoms with Crippen molar-refractivity contribution in [1.82, 2.24) is 9.88 Å². The lowest BCUT2D eigenvalue weighted by atomic mass is 10.2. The highest BCUT2D eigenvalue weighted by molar-refractivity contribution is 5.63. The number of nitrogens with zero attached hydrogens (tertiary/aromatic N) is 4. The molecule has 0 saturated carbocycles. The van der Waals surface area contributed by atoms with Crippen LogP contribution in [0.25, 0.3) is 0 Å². The van der Waals surface area contributed by atoms with Gasteiger partial charge in [-0.05, 0) is 20.2 Å². The highest BCUT2D eigenvalue weighted by atomic mass is 16.6. The molecule has 0 aliphatic heterocycles. The standard InChI is InChI=1S/C12H17N5O3/c1-16(2)6-8-20-7-5-15-12-11(17(18)19)10(9-13)3-4-14-12/h3-4H,5-8H2,1-2H3,(H,14,15). The zero-order valence-electron chi connectivity index (χ0n) is 11.5. The molecule has 0 aromatic carbocycles. The number of pyridine rings is 1. The van der Waals surface area contributed by atoms with E-state index < -0.39 is 4.92 Å². The maximum Gasteiger partial charge on any atom is 0.328 e. The minimum absolute atomic E-state index is 0.0129. The van der Waals surface area contributed by atoms with E-state index in [4.69, 9.17) is 10.00 Å². The zero-order valence-corrected chi connectivity index (χ0v) is 11.5. The Morgan fingerprint density at radius 3 is 2.90 bits per heavy atom. The van der Waals surface area contributed by atoms with Crippen molar-refractivity contribution in [3.8, 4) is 6.07 Å². The fourth-order valence-corrected chi connectivity index (χ4v) is 1.45. The average molecular weight is 279 g/mol. The van der Waals surface area contributed by atoms with E-state index in [2.05, 4.69) is 10.3 Å². The monoisotopic (exact) mass is 279 g/mol. The summed E-state index contributed by atoms with van der Waals surface area (Å²) in [5.74, 6) is 0.0882. The van der Waals surface area contributed by atoms with Crippen LogP contribution >= 0.6 is 0 Å². The van der Waals surface area contributed by atoms with Gasteiger partial charge in [0.2, 0.25) is 5.82 Å². The van der Waals surface area contributed by atoms with E-state index in [0.29, 0.717) is 19.8 Å². The van der Waals surface area contributed by atoms with E-state index in [1.165, 1.54) is 12.3 Å². The molecule has 0 radical (unpaired) electrons. The van der Waals surface area contributed by atoms with Crippen LogP contribution in [0.4, 0.5) is 11.5 Å². The van der Waals surface area contributed by atoms with Gasteiger partial charge in [-0.1, -0.05) is 0 Å². The predicted octanol–water partition coefficient (Wildman–Crippen LogP) is 0.852. The minimum atomic E-state index is -0.610. The molecule has 0 fully saturated rings. The summed E-state index contributed by atoms with van der Waals surface area (Å²) >= 11 is 0. The van der Waals surface area contributed by atoms with Gasteiger partial charge in [-0.15, -0.1) is 0 Å². The topological polar surface area (TPSA) is 104 Å². The Balaban J connectivity index is 2.52. The van der Waals surface area contributed by atoms with Crippen LogP contribution in [0.15, 0.2) is 12.3 Å². The van der Waals surface area contributed by atoms with Gasteiger partial charge in [-0.3, -0.25) is 10.1 Å². The first kappa shape index (κ1) is 15.8. The lowest BCUT2D eigenvalue weighted by molar-refractivity contribution is -0.384. The summed E-state index contributed by atoms with van der Waals surface area (Å²) in [5.41, 5.74) is -0.315. The van der Waals surface area contributed by atoms with Crippen LogP contribution in [0.5, 0.6) is 0 Å². The SMILES string of the molecule is CN(C)CCOCCNc1nccc(C#N)c1[N+](=O)[O-]. The fraction of sp³-hybridized carbons (Fsp3) is 0.500. The van der Waals surface area contributed by atoms with Crippen molar-refractivity contribution in [2.75, 3.05) is 45.7 Å². The summed E-state index contributed by atoms with van der Waals surface area (Å²) < 4.78 is 5.36. The maximum atomic E-state index is 10.9. The average Bonchev–Trinajstić information content (AvgIpc) is 2.41. The van der Waals surface area contributed by atoms with Gasteiger partial charge >= 0.3 is 5.69 Å². The Hall–Kier alpha value is -2.24. The van der Waals surface area contributed by atoms with E-state index >= 15 is 0 Å². The lowest BCUT2D eigenvalue weighted by Crippen LogP contribution is -2.20. The largest absolute Gasteiger partial charge is 0.378 e. The van der Waals surface area contributed by atoms with Crippen LogP contribution in [-0.4, -0.2) is 55.2 Å². The molecule has 0 aliphatic rings. The van der Waals surface area contributed by atoms with E-state index in [1.807, 2.05) is 19.0 Å². The van der Waals surface area contributed by atoms with Crippen LogP contribution in [0.3, 0.4) is 0 Å². The maximum absolute atomic E-state index is 10.9. The van der Waals surface area contributed by atoms with Crippen molar-refractivity contribution in [1.29, 1.82) is 5.26 Å². The first-order valence-electron chi connectivity index (χ1n) is 6.06. The third-order valence-electron chi connectivity index (χ3n) is 2.45. The van der Waals surface area contributed by atoms with Crippen molar-refractivity contribution < 1.29 is 9.66 Å². The molecule has 8 heteroatoms. The summed E-state index contributed by atoms with van der Waals surface area (Å²) in [6, 6.07) is 3.10. The van der Waals surface area contributed by atoms with E-state index in [-0.39, 0.29) is 17.1 Å². The normalized spacial score (nSPS) is 10.3. The number of hydrogen-bond acceptors (Lipinski definition) is 7. The number of aromatic nitrogens is 1. The lowest BCUT2D eigenvalue weighted by Gasteiger charge is -2.10. The number of hydrogen-bond donors (Lipinski definition) is 1. The predicted molar refractivity (Wildman–Crippen MR) is 73.5 cm³/mol. The molecule has 0 unspecified atom stereocenters. The Bertz CT molecular complexity index is 498. The number of nitrogens with one attached hydrogen (secondary N) is 1. The summed E-state index contributed by atoms with van der Waals surface area (Å²) in [5, 5.41) is 22.6. The molecule has 1 aromatic rings. The van der Waals surface area contributed by atoms with Crippen LogP contribution in [0.2, 0.25) is 0 Å². The van der Waals surface area contributed by atoms with Gasteiger partial charge in [0, 0.05) is 19.3 Å². The van der Waals surface area contributed by atoms with Crippen LogP contribution in [0, 0.1) is 21.4 Å². The molecule has 108 valence electrons. The van der Waals surface area contributed by atoms with Gasteiger partial charge in [0.15, 0.2) is 0 Å². The minimum Gasteiger partial charge on any atom is -0.378 e. The van der Waals surface area contributed by atoms with Crippen LogP contribution < -0.4 is 5.32 Å². The van der Waals surface area contributed by atoms with Gasteiger partial charge in [-0.25, -0.2) is 4.98 Å². The Kier molecular flexibility index (Phi) is 6.36. The van der Waals surface area contributed by atoms with Crippen molar-refractivity contribution in [3.63, 3.8) is 0 Å². The molecular weight excluding hydrogens is 262 g/mol. The number of ether oxygens (including phenoxy) is 1. The van der Waals surface area contributed by atoms with Crippen molar-refractivity contribution in [3.05, 3.63) is 27.9 Å². The van der Waals surface area contributed by atoms with Gasteiger partial charge in [0.1, 0.15) is 11.6 Å². The second-order valence-corrected chi connectivity index (χ2v) is 4.27. The van der Waals surface area contributed by atoms with Crippen LogP contribution in [0.1, 0.15) is 5.56 Å². The zero-order chi connectivity index (χ0) is 15.0. The molecule has 0 bridgehead atoms. The van der Waals surface area contributed by atoms with Crippen LogP contribution in [-0.2, 0) is 4.74 Å². The molecule has 0 atom stereocenters. The Labute approximate surface area is 117 Å². The van der Waals surface area contributed by atoms with Gasteiger partial charge < -0.3 is 15.0 Å². The van der Waals surface area contributed by atoms with E-state index in [1.54, 1.807) is 6.07 Å². The number of rotatable bonds is 8. The highest BCUT2D eigenvalue weighted by Gasteiger charge is 2.20. The Morgan fingerprint density at radius 1 is 1.55 bits per heavy atom. The molecule has 0 amide bonds. The highest BCUT2D eigenvalue weighted by Crippen LogP contribution is 2.25. The first-order valence-corrected chi connectivity index (χ1v) is 6.06. The van der Waals surface area contributed by atoms with Gasteiger partial charge in [0.05, 0.1) is 18.1 Å². The van der Waals surface area contributed by atoms with Gasteiger partial charge in [-0.2, -0.15) is 5.26 Å². The summed E-state index contributed by atoms with van der Waals surface area (Å²) in [6.07, 6.45) is 1.36. The second kappa shape index (κ2) is 8.04. The number of nitriles is 1. The molecule has 0 spiro atoms. The van der Waals surface area contributed by atoms with E-state index in [0.717, 1.165) is 6.54 Å².